The Bertz CT molecular complexity index is 1400. The molecule has 4 aromatic carbocycles. The topological polar surface area (TPSA) is 24.8 Å². The Morgan fingerprint density at radius 2 is 1.56 bits per heavy atom. The maximum Gasteiger partial charge on any atom is 0.215 e. The van der Waals surface area contributed by atoms with Crippen LogP contribution in [-0.2, 0) is 0 Å². The highest BCUT2D eigenvalue weighted by Gasteiger charge is 2.41. The standard InChI is InChI=1S/C26H17Cl3N2O/c27-18-8-10-25-21(12-18)24-14-23(17-6-5-15-3-1-2-4-16(15)11-17)30-31(24)26(32-25)20-9-7-19(28)13-22(20)29/h1-13,24,26H,14H2. The number of halogens is 3. The van der Waals surface area contributed by atoms with E-state index in [1.807, 2.05) is 41.4 Å². The van der Waals surface area contributed by atoms with Crippen molar-refractivity contribution in [3.05, 3.63) is 111 Å². The average Bonchev–Trinajstić information content (AvgIpc) is 3.25. The van der Waals surface area contributed by atoms with Crippen LogP contribution in [-0.4, -0.2) is 10.7 Å². The molecular weight excluding hydrogens is 463 g/mol. The third-order valence-electron chi connectivity index (χ3n) is 6.06. The molecule has 6 rings (SSSR count). The molecule has 0 spiro atoms. The van der Waals surface area contributed by atoms with Crippen molar-refractivity contribution in [2.45, 2.75) is 18.7 Å². The van der Waals surface area contributed by atoms with Crippen molar-refractivity contribution >= 4 is 51.3 Å². The molecule has 0 saturated heterocycles. The molecule has 0 bridgehead atoms. The molecule has 0 N–H and O–H groups in total. The second-order valence-electron chi connectivity index (χ2n) is 8.03. The van der Waals surface area contributed by atoms with Gasteiger partial charge in [0.25, 0.3) is 0 Å². The zero-order chi connectivity index (χ0) is 21.8. The van der Waals surface area contributed by atoms with Crippen LogP contribution in [0, 0.1) is 0 Å². The minimum atomic E-state index is -0.462. The van der Waals surface area contributed by atoms with Crippen LogP contribution < -0.4 is 4.74 Å². The number of ether oxygens (including phenoxy) is 1. The molecule has 0 saturated carbocycles. The van der Waals surface area contributed by atoms with Gasteiger partial charge in [-0.2, -0.15) is 5.10 Å². The molecule has 2 atom stereocenters. The Kier molecular flexibility index (Phi) is 4.80. The number of hydrazone groups is 1. The van der Waals surface area contributed by atoms with Crippen molar-refractivity contribution in [1.82, 2.24) is 5.01 Å². The lowest BCUT2D eigenvalue weighted by Crippen LogP contribution is -2.33. The normalized spacial score (nSPS) is 19.3. The van der Waals surface area contributed by atoms with E-state index >= 15 is 0 Å². The molecule has 0 fully saturated rings. The van der Waals surface area contributed by atoms with Gasteiger partial charge < -0.3 is 4.74 Å². The summed E-state index contributed by atoms with van der Waals surface area (Å²) in [6, 6.07) is 26.0. The van der Waals surface area contributed by atoms with Gasteiger partial charge in [-0.3, -0.25) is 0 Å². The Morgan fingerprint density at radius 1 is 0.781 bits per heavy atom. The van der Waals surface area contributed by atoms with E-state index in [2.05, 4.69) is 36.4 Å². The zero-order valence-corrected chi connectivity index (χ0v) is 19.1. The van der Waals surface area contributed by atoms with E-state index in [1.165, 1.54) is 10.8 Å². The average molecular weight is 480 g/mol. The molecule has 2 heterocycles. The van der Waals surface area contributed by atoms with Crippen molar-refractivity contribution in [2.24, 2.45) is 5.10 Å². The van der Waals surface area contributed by atoms with E-state index < -0.39 is 6.23 Å². The van der Waals surface area contributed by atoms with Gasteiger partial charge in [-0.1, -0.05) is 77.3 Å². The summed E-state index contributed by atoms with van der Waals surface area (Å²) >= 11 is 19.0. The lowest BCUT2D eigenvalue weighted by molar-refractivity contribution is -0.0189. The maximum atomic E-state index is 6.56. The first kappa shape index (κ1) is 19.9. The first-order valence-electron chi connectivity index (χ1n) is 10.3. The third-order valence-corrected chi connectivity index (χ3v) is 6.86. The largest absolute Gasteiger partial charge is 0.464 e. The van der Waals surface area contributed by atoms with E-state index in [1.54, 1.807) is 6.07 Å². The summed E-state index contributed by atoms with van der Waals surface area (Å²) in [5.41, 5.74) is 3.96. The second-order valence-corrected chi connectivity index (χ2v) is 9.31. The Labute approximate surface area is 200 Å². The summed E-state index contributed by atoms with van der Waals surface area (Å²) in [4.78, 5) is 0. The van der Waals surface area contributed by atoms with Gasteiger partial charge in [0.05, 0.1) is 16.8 Å². The monoisotopic (exact) mass is 478 g/mol. The van der Waals surface area contributed by atoms with Gasteiger partial charge in [0.15, 0.2) is 0 Å². The Balaban J connectivity index is 1.47. The molecule has 6 heteroatoms. The van der Waals surface area contributed by atoms with Crippen LogP contribution in [0.3, 0.4) is 0 Å². The van der Waals surface area contributed by atoms with Crippen molar-refractivity contribution in [2.75, 3.05) is 0 Å². The smallest absolute Gasteiger partial charge is 0.215 e. The molecule has 4 aromatic rings. The summed E-state index contributed by atoms with van der Waals surface area (Å²) in [5, 5.41) is 11.2. The molecule has 0 amide bonds. The predicted octanol–water partition coefficient (Wildman–Crippen LogP) is 8.04. The van der Waals surface area contributed by atoms with E-state index in [0.717, 1.165) is 34.6 Å². The van der Waals surface area contributed by atoms with Crippen molar-refractivity contribution in [3.8, 4) is 5.75 Å². The number of hydrogen-bond acceptors (Lipinski definition) is 3. The highest BCUT2D eigenvalue weighted by atomic mass is 35.5. The fourth-order valence-corrected chi connectivity index (χ4v) is 5.19. The first-order valence-corrected chi connectivity index (χ1v) is 11.5. The Hall–Kier alpha value is -2.72. The molecular formula is C26H17Cl3N2O. The van der Waals surface area contributed by atoms with E-state index in [-0.39, 0.29) is 6.04 Å². The highest BCUT2D eigenvalue weighted by molar-refractivity contribution is 6.35. The fourth-order valence-electron chi connectivity index (χ4n) is 4.51. The highest BCUT2D eigenvalue weighted by Crippen LogP contribution is 2.49. The maximum absolute atomic E-state index is 6.56. The van der Waals surface area contributed by atoms with Gasteiger partial charge in [0, 0.05) is 27.6 Å². The van der Waals surface area contributed by atoms with E-state index in [0.29, 0.717) is 15.1 Å². The third kappa shape index (κ3) is 3.32. The molecule has 0 aliphatic carbocycles. The van der Waals surface area contributed by atoms with Crippen LogP contribution in [0.2, 0.25) is 15.1 Å². The minimum Gasteiger partial charge on any atom is -0.464 e. The molecule has 0 radical (unpaired) electrons. The number of fused-ring (bicyclic) bond motifs is 4. The van der Waals surface area contributed by atoms with Crippen molar-refractivity contribution in [1.29, 1.82) is 0 Å². The predicted molar refractivity (Wildman–Crippen MR) is 131 cm³/mol. The number of rotatable bonds is 2. The van der Waals surface area contributed by atoms with Crippen LogP contribution in [0.15, 0.2) is 84.0 Å². The number of hydrogen-bond donors (Lipinski definition) is 0. The van der Waals surface area contributed by atoms with Crippen molar-refractivity contribution < 1.29 is 4.74 Å². The summed E-state index contributed by atoms with van der Waals surface area (Å²) < 4.78 is 6.39. The lowest BCUT2D eigenvalue weighted by atomic mass is 9.95. The Morgan fingerprint density at radius 3 is 2.41 bits per heavy atom. The van der Waals surface area contributed by atoms with Crippen LogP contribution >= 0.6 is 34.8 Å². The molecule has 158 valence electrons. The molecule has 3 nitrogen and oxygen atoms in total. The van der Waals surface area contributed by atoms with Gasteiger partial charge in [-0.15, -0.1) is 0 Å². The van der Waals surface area contributed by atoms with Crippen LogP contribution in [0.25, 0.3) is 10.8 Å². The van der Waals surface area contributed by atoms with Crippen LogP contribution in [0.1, 0.15) is 35.4 Å². The van der Waals surface area contributed by atoms with Gasteiger partial charge in [-0.05, 0) is 52.7 Å². The van der Waals surface area contributed by atoms with Crippen molar-refractivity contribution in [3.63, 3.8) is 0 Å². The number of benzene rings is 4. The minimum absolute atomic E-state index is 0.00401. The molecule has 2 aliphatic rings. The van der Waals surface area contributed by atoms with Crippen LogP contribution in [0.5, 0.6) is 5.75 Å². The summed E-state index contributed by atoms with van der Waals surface area (Å²) in [7, 11) is 0. The van der Waals surface area contributed by atoms with Gasteiger partial charge in [0.2, 0.25) is 6.23 Å². The van der Waals surface area contributed by atoms with Gasteiger partial charge >= 0.3 is 0 Å². The van der Waals surface area contributed by atoms with E-state index in [4.69, 9.17) is 44.6 Å². The summed E-state index contributed by atoms with van der Waals surface area (Å²) in [6.07, 6.45) is 0.285. The van der Waals surface area contributed by atoms with Gasteiger partial charge in [-0.25, -0.2) is 5.01 Å². The summed E-state index contributed by atoms with van der Waals surface area (Å²) in [6.45, 7) is 0. The quantitative estimate of drug-likeness (QED) is 0.290. The van der Waals surface area contributed by atoms with Gasteiger partial charge in [0.1, 0.15) is 5.75 Å². The molecule has 32 heavy (non-hydrogen) atoms. The lowest BCUT2D eigenvalue weighted by Gasteiger charge is -2.38. The van der Waals surface area contributed by atoms with E-state index in [9.17, 15) is 0 Å². The number of nitrogens with zero attached hydrogens (tertiary/aromatic N) is 2. The SMILES string of the molecule is Clc1ccc(C2Oc3ccc(Cl)cc3C3CC(c4ccc5ccccc5c4)=NN32)c(Cl)c1. The first-order chi connectivity index (χ1) is 15.6. The zero-order valence-electron chi connectivity index (χ0n) is 16.8. The second kappa shape index (κ2) is 7.70. The summed E-state index contributed by atoms with van der Waals surface area (Å²) in [5.74, 6) is 0.793. The molecule has 2 aliphatic heterocycles. The van der Waals surface area contributed by atoms with Crippen LogP contribution in [0.4, 0.5) is 0 Å². The molecule has 0 aromatic heterocycles. The fraction of sp³-hybridized carbons (Fsp3) is 0.115. The molecule has 2 unspecified atom stereocenters.